The molecular weight excluding hydrogens is 604 g/mol. The summed E-state index contributed by atoms with van der Waals surface area (Å²) >= 11 is 0. The average molecular weight is 663 g/mol. The van der Waals surface area contributed by atoms with Crippen LogP contribution in [0, 0.1) is 0 Å². The normalized spacial score (nSPS) is 18.2. The second kappa shape index (κ2) is 17.4. The molecule has 4 rings (SSSR count). The van der Waals surface area contributed by atoms with E-state index >= 15 is 0 Å². The Morgan fingerprint density at radius 2 is 1.40 bits per heavy atom. The van der Waals surface area contributed by atoms with Gasteiger partial charge in [0.1, 0.15) is 30.8 Å². The molecule has 2 unspecified atom stereocenters. The second-order valence-electron chi connectivity index (χ2n) is 14.5. The molecule has 0 bridgehead atoms. The molecule has 0 radical (unpaired) electrons. The predicted molar refractivity (Wildman–Crippen MR) is 191 cm³/mol. The highest BCUT2D eigenvalue weighted by molar-refractivity contribution is 5.87. The van der Waals surface area contributed by atoms with Gasteiger partial charge in [-0.3, -0.25) is 0 Å². The number of carbonyl (C=O) groups excluding carboxylic acids is 1. The number of rotatable bonds is 16. The van der Waals surface area contributed by atoms with Crippen molar-refractivity contribution in [2.75, 3.05) is 19.8 Å². The zero-order chi connectivity index (χ0) is 34.7. The van der Waals surface area contributed by atoms with Crippen molar-refractivity contribution in [3.8, 4) is 11.5 Å². The molecule has 0 spiro atoms. The fourth-order valence-electron chi connectivity index (χ4n) is 6.86. The Bertz CT molecular complexity index is 1380. The van der Waals surface area contributed by atoms with E-state index in [1.165, 1.54) is 62.1 Å². The van der Waals surface area contributed by atoms with Gasteiger partial charge in [0.15, 0.2) is 6.61 Å². The molecule has 264 valence electrons. The van der Waals surface area contributed by atoms with Gasteiger partial charge in [0, 0.05) is 17.9 Å². The molecule has 2 atom stereocenters. The van der Waals surface area contributed by atoms with Gasteiger partial charge in [-0.1, -0.05) is 96.2 Å². The van der Waals surface area contributed by atoms with E-state index in [-0.39, 0.29) is 30.8 Å². The second-order valence-corrected chi connectivity index (χ2v) is 14.5. The third-order valence-electron chi connectivity index (χ3n) is 9.86. The standard InChI is InChI=1S/C41H58O7/c1-7-8-23-45-26-34(42)27-46-37-21-19-32(24-35(37)30-15-11-9-12-16-30)40(4,5)33-20-22-38(36(25-33)31-17-13-10-14-18-31)47-28-41(6,44)48-39(43)29(2)3/h8,19-25,30-31,34,42,44H,2,7,9-18,26-28H2,1,3-6H3. The van der Waals surface area contributed by atoms with Gasteiger partial charge in [0.2, 0.25) is 5.79 Å². The first-order chi connectivity index (χ1) is 22.9. The maximum atomic E-state index is 12.1. The molecule has 2 fully saturated rings. The van der Waals surface area contributed by atoms with Gasteiger partial charge in [-0.2, -0.15) is 0 Å². The summed E-state index contributed by atoms with van der Waals surface area (Å²) in [5.41, 5.74) is 4.66. The van der Waals surface area contributed by atoms with E-state index in [0.29, 0.717) is 17.6 Å². The first kappa shape index (κ1) is 37.5. The molecule has 0 aliphatic heterocycles. The van der Waals surface area contributed by atoms with Crippen LogP contribution in [0.2, 0.25) is 0 Å². The first-order valence-corrected chi connectivity index (χ1v) is 18.0. The number of ether oxygens (including phenoxy) is 4. The summed E-state index contributed by atoms with van der Waals surface area (Å²) in [6.07, 6.45) is 15.4. The molecule has 2 N–H and O–H groups in total. The molecule has 0 heterocycles. The summed E-state index contributed by atoms with van der Waals surface area (Å²) in [5.74, 6) is -0.100. The van der Waals surface area contributed by atoms with Crippen LogP contribution < -0.4 is 9.47 Å². The summed E-state index contributed by atoms with van der Waals surface area (Å²) in [5, 5.41) is 21.3. The summed E-state index contributed by atoms with van der Waals surface area (Å²) in [6, 6.07) is 13.0. The molecule has 0 aromatic heterocycles. The monoisotopic (exact) mass is 662 g/mol. The van der Waals surface area contributed by atoms with Crippen molar-refractivity contribution >= 4 is 5.97 Å². The lowest BCUT2D eigenvalue weighted by Gasteiger charge is -2.32. The number of hydrogen-bond acceptors (Lipinski definition) is 7. The summed E-state index contributed by atoms with van der Waals surface area (Å²) < 4.78 is 23.1. The predicted octanol–water partition coefficient (Wildman–Crippen LogP) is 8.99. The fraction of sp³-hybridized carbons (Fsp3) is 0.585. The van der Waals surface area contributed by atoms with Gasteiger partial charge in [0.05, 0.1) is 6.26 Å². The molecule has 7 nitrogen and oxygen atoms in total. The van der Waals surface area contributed by atoms with Crippen molar-refractivity contribution in [1.82, 2.24) is 0 Å². The van der Waals surface area contributed by atoms with Crippen LogP contribution in [0.3, 0.4) is 0 Å². The largest absolute Gasteiger partial charge is 0.499 e. The first-order valence-electron chi connectivity index (χ1n) is 18.0. The number of allylic oxidation sites excluding steroid dienone is 1. The Balaban J connectivity index is 1.61. The molecule has 0 amide bonds. The Morgan fingerprint density at radius 3 is 1.90 bits per heavy atom. The van der Waals surface area contributed by atoms with Crippen molar-refractivity contribution in [1.29, 1.82) is 0 Å². The Hall–Kier alpha value is -3.29. The van der Waals surface area contributed by atoms with E-state index < -0.39 is 17.9 Å². The van der Waals surface area contributed by atoms with Crippen LogP contribution in [-0.2, 0) is 19.7 Å². The van der Waals surface area contributed by atoms with E-state index in [1.807, 2.05) is 19.1 Å². The number of hydrogen-bond donors (Lipinski definition) is 2. The van der Waals surface area contributed by atoms with Crippen molar-refractivity contribution in [3.05, 3.63) is 83.1 Å². The molecule has 2 aliphatic rings. The van der Waals surface area contributed by atoms with E-state index in [9.17, 15) is 15.0 Å². The van der Waals surface area contributed by atoms with E-state index in [4.69, 9.17) is 18.9 Å². The third kappa shape index (κ3) is 10.4. The molecule has 2 saturated carbocycles. The van der Waals surface area contributed by atoms with Crippen LogP contribution in [0.1, 0.15) is 139 Å². The van der Waals surface area contributed by atoms with E-state index in [1.54, 1.807) is 13.2 Å². The molecular formula is C41H58O7. The van der Waals surface area contributed by atoms with Gasteiger partial charge >= 0.3 is 5.97 Å². The molecule has 0 saturated heterocycles. The summed E-state index contributed by atoms with van der Waals surface area (Å²) in [7, 11) is 0. The minimum absolute atomic E-state index is 0.175. The molecule has 2 aromatic rings. The van der Waals surface area contributed by atoms with Gasteiger partial charge in [-0.25, -0.2) is 4.79 Å². The van der Waals surface area contributed by atoms with Crippen LogP contribution in [0.25, 0.3) is 0 Å². The maximum absolute atomic E-state index is 12.1. The smallest absolute Gasteiger partial charge is 0.335 e. The van der Waals surface area contributed by atoms with E-state index in [0.717, 1.165) is 43.4 Å². The number of esters is 1. The van der Waals surface area contributed by atoms with Gasteiger partial charge in [-0.05, 0) is 85.3 Å². The van der Waals surface area contributed by atoms with Crippen LogP contribution in [-0.4, -0.2) is 47.9 Å². The minimum atomic E-state index is -1.79. The van der Waals surface area contributed by atoms with E-state index in [2.05, 4.69) is 50.8 Å². The Labute approximate surface area is 288 Å². The molecule has 48 heavy (non-hydrogen) atoms. The highest BCUT2D eigenvalue weighted by Gasteiger charge is 2.31. The highest BCUT2D eigenvalue weighted by atomic mass is 16.7. The quantitative estimate of drug-likeness (QED) is 0.0802. The lowest BCUT2D eigenvalue weighted by molar-refractivity contribution is -0.207. The van der Waals surface area contributed by atoms with Gasteiger partial charge in [-0.15, -0.1) is 0 Å². The lowest BCUT2D eigenvalue weighted by atomic mass is 9.74. The van der Waals surface area contributed by atoms with Crippen molar-refractivity contribution in [3.63, 3.8) is 0 Å². The summed E-state index contributed by atoms with van der Waals surface area (Å²) in [6.45, 7) is 13.3. The number of aliphatic hydroxyl groups excluding tert-OH is 1. The zero-order valence-electron chi connectivity index (χ0n) is 29.9. The fourth-order valence-corrected chi connectivity index (χ4v) is 6.86. The van der Waals surface area contributed by atoms with Crippen LogP contribution in [0.15, 0.2) is 60.9 Å². The third-order valence-corrected chi connectivity index (χ3v) is 9.86. The molecule has 2 aliphatic carbocycles. The molecule has 7 heteroatoms. The zero-order valence-corrected chi connectivity index (χ0v) is 29.9. The van der Waals surface area contributed by atoms with Crippen LogP contribution in [0.4, 0.5) is 0 Å². The minimum Gasteiger partial charge on any atom is -0.499 e. The highest BCUT2D eigenvalue weighted by Crippen LogP contribution is 2.44. The van der Waals surface area contributed by atoms with Crippen LogP contribution in [0.5, 0.6) is 11.5 Å². The van der Waals surface area contributed by atoms with Crippen LogP contribution >= 0.6 is 0 Å². The van der Waals surface area contributed by atoms with Crippen molar-refractivity contribution in [2.24, 2.45) is 0 Å². The van der Waals surface area contributed by atoms with Crippen molar-refractivity contribution in [2.45, 2.75) is 134 Å². The Morgan fingerprint density at radius 1 is 0.875 bits per heavy atom. The van der Waals surface area contributed by atoms with Gasteiger partial charge < -0.3 is 29.2 Å². The average Bonchev–Trinajstić information content (AvgIpc) is 3.08. The van der Waals surface area contributed by atoms with Gasteiger partial charge in [0.25, 0.3) is 0 Å². The number of aliphatic hydroxyl groups is 2. The summed E-state index contributed by atoms with van der Waals surface area (Å²) in [4.78, 5) is 12.1. The Kier molecular flexibility index (Phi) is 13.6. The molecule has 2 aromatic carbocycles. The topological polar surface area (TPSA) is 94.5 Å². The SMILES string of the molecule is C=C(C)C(=O)OC(C)(O)COc1ccc(C(C)(C)c2ccc(OCC(O)COC=CCC)c(C3CCCCC3)c2)cc1C1CCCCC1. The lowest BCUT2D eigenvalue weighted by Crippen LogP contribution is -2.38. The number of benzene rings is 2. The number of carbonyl (C=O) groups is 1. The van der Waals surface area contributed by atoms with Crippen molar-refractivity contribution < 1.29 is 34.0 Å². The maximum Gasteiger partial charge on any atom is 0.335 e.